The zero-order chi connectivity index (χ0) is 25.8. The van der Waals surface area contributed by atoms with Gasteiger partial charge in [-0.05, 0) is 66.9 Å². The topological polar surface area (TPSA) is 139 Å². The maximum atomic E-state index is 14.3. The largest absolute Gasteiger partial charge is 0.384 e. The number of nitrogens with two attached hydrogens (primary N) is 1. The number of hydrogen-bond acceptors (Lipinski definition) is 10. The summed E-state index contributed by atoms with van der Waals surface area (Å²) in [5.41, 5.74) is 8.21. The SMILES string of the molecule is Nc1ccc(CNCC2CCN(c3nccc(/C=C4\SC(=O)NC4=O)n3)CC2)c(-c2ccncc2F)n1. The number of nitrogen functional groups attached to an aromatic ring is 1. The van der Waals surface area contributed by atoms with Gasteiger partial charge in [-0.25, -0.2) is 19.3 Å². The molecule has 3 aromatic heterocycles. The second kappa shape index (κ2) is 11.0. The zero-order valence-corrected chi connectivity index (χ0v) is 20.7. The maximum absolute atomic E-state index is 14.3. The number of carbonyl (C=O) groups is 2. The van der Waals surface area contributed by atoms with Crippen molar-refractivity contribution in [3.63, 3.8) is 0 Å². The van der Waals surface area contributed by atoms with Gasteiger partial charge in [-0.15, -0.1) is 0 Å². The number of carbonyl (C=O) groups excluding carboxylic acids is 2. The second-order valence-corrected chi connectivity index (χ2v) is 9.81. The zero-order valence-electron chi connectivity index (χ0n) is 19.9. The Labute approximate surface area is 217 Å². The number of aromatic nitrogens is 4. The van der Waals surface area contributed by atoms with Crippen molar-refractivity contribution in [3.8, 4) is 11.3 Å². The van der Waals surface area contributed by atoms with Crippen molar-refractivity contribution < 1.29 is 14.0 Å². The molecule has 5 rings (SSSR count). The first-order valence-corrected chi connectivity index (χ1v) is 12.7. The normalized spacial score (nSPS) is 17.4. The third-order valence-corrected chi connectivity index (χ3v) is 7.07. The Hall–Kier alpha value is -3.90. The summed E-state index contributed by atoms with van der Waals surface area (Å²) in [7, 11) is 0. The van der Waals surface area contributed by atoms with Crippen LogP contribution in [0.4, 0.5) is 21.0 Å². The average molecular weight is 521 g/mol. The lowest BCUT2D eigenvalue weighted by molar-refractivity contribution is -0.115. The number of amides is 2. The molecular weight excluding hydrogens is 495 g/mol. The number of halogens is 1. The summed E-state index contributed by atoms with van der Waals surface area (Å²) in [6, 6.07) is 6.90. The summed E-state index contributed by atoms with van der Waals surface area (Å²) in [5.74, 6) is 0.566. The molecule has 2 amide bonds. The Morgan fingerprint density at radius 1 is 1.16 bits per heavy atom. The predicted octanol–water partition coefficient (Wildman–Crippen LogP) is 2.99. The minimum absolute atomic E-state index is 0.325. The molecule has 2 aliphatic heterocycles. The predicted molar refractivity (Wildman–Crippen MR) is 140 cm³/mol. The van der Waals surface area contributed by atoms with Crippen molar-refractivity contribution in [1.82, 2.24) is 30.6 Å². The molecule has 0 bridgehead atoms. The van der Waals surface area contributed by atoms with Crippen LogP contribution in [0.3, 0.4) is 0 Å². The number of thioether (sulfide) groups is 1. The van der Waals surface area contributed by atoms with Crippen LogP contribution in [0.1, 0.15) is 24.1 Å². The summed E-state index contributed by atoms with van der Waals surface area (Å²) in [6.45, 7) is 2.95. The third-order valence-electron chi connectivity index (χ3n) is 6.26. The van der Waals surface area contributed by atoms with Crippen LogP contribution < -0.4 is 21.3 Å². The highest BCUT2D eigenvalue weighted by molar-refractivity contribution is 8.18. The Balaban J connectivity index is 1.16. The molecule has 5 heterocycles. The van der Waals surface area contributed by atoms with Crippen LogP contribution in [0.5, 0.6) is 0 Å². The van der Waals surface area contributed by atoms with E-state index >= 15 is 0 Å². The van der Waals surface area contributed by atoms with E-state index in [4.69, 9.17) is 5.73 Å². The first-order valence-electron chi connectivity index (χ1n) is 11.8. The summed E-state index contributed by atoms with van der Waals surface area (Å²) in [4.78, 5) is 42.8. The Bertz CT molecular complexity index is 1360. The monoisotopic (exact) mass is 520 g/mol. The Kier molecular flexibility index (Phi) is 7.37. The van der Waals surface area contributed by atoms with Crippen molar-refractivity contribution >= 4 is 40.8 Å². The molecule has 0 unspecified atom stereocenters. The lowest BCUT2D eigenvalue weighted by atomic mass is 9.97. The molecule has 10 nitrogen and oxygen atoms in total. The van der Waals surface area contributed by atoms with Gasteiger partial charge in [0, 0.05) is 37.6 Å². The maximum Gasteiger partial charge on any atom is 0.290 e. The number of imide groups is 1. The van der Waals surface area contributed by atoms with Gasteiger partial charge >= 0.3 is 0 Å². The molecule has 2 saturated heterocycles. The van der Waals surface area contributed by atoms with Crippen molar-refractivity contribution in [3.05, 3.63) is 64.8 Å². The van der Waals surface area contributed by atoms with Crippen molar-refractivity contribution in [2.75, 3.05) is 30.3 Å². The van der Waals surface area contributed by atoms with Crippen LogP contribution in [-0.4, -0.2) is 50.7 Å². The fourth-order valence-corrected chi connectivity index (χ4v) is 5.01. The van der Waals surface area contributed by atoms with Crippen LogP contribution in [-0.2, 0) is 11.3 Å². The van der Waals surface area contributed by atoms with Gasteiger partial charge in [-0.3, -0.25) is 19.9 Å². The molecular formula is C25H25FN8O2S. The van der Waals surface area contributed by atoms with Crippen molar-refractivity contribution in [2.24, 2.45) is 5.92 Å². The lowest BCUT2D eigenvalue weighted by Crippen LogP contribution is -2.38. The van der Waals surface area contributed by atoms with E-state index < -0.39 is 11.7 Å². The third kappa shape index (κ3) is 5.92. The van der Waals surface area contributed by atoms with Crippen LogP contribution in [0.25, 0.3) is 17.3 Å². The van der Waals surface area contributed by atoms with E-state index in [1.54, 1.807) is 30.5 Å². The first-order chi connectivity index (χ1) is 18.0. The molecule has 4 N–H and O–H groups in total. The average Bonchev–Trinajstić information content (AvgIpc) is 3.22. The van der Waals surface area contributed by atoms with Crippen LogP contribution in [0, 0.1) is 11.7 Å². The van der Waals surface area contributed by atoms with Gasteiger partial charge in [0.25, 0.3) is 11.1 Å². The van der Waals surface area contributed by atoms with Crippen molar-refractivity contribution in [1.29, 1.82) is 0 Å². The molecule has 12 heteroatoms. The van der Waals surface area contributed by atoms with Crippen molar-refractivity contribution in [2.45, 2.75) is 19.4 Å². The standard InChI is InChI=1S/C25H25FN8O2S/c26-19-14-28-7-4-18(19)22-16(1-2-21(27)32-22)13-29-12-15-5-9-34(10-6-15)24-30-8-3-17(31-24)11-20-23(35)33-25(36)37-20/h1-4,7-8,11,14-15,29H,5-6,9-10,12-13H2,(H2,27,32)(H,33,35,36)/b20-11-. The highest BCUT2D eigenvalue weighted by atomic mass is 32.2. The molecule has 0 aromatic carbocycles. The van der Waals surface area contributed by atoms with E-state index in [1.807, 2.05) is 6.07 Å². The summed E-state index contributed by atoms with van der Waals surface area (Å²) < 4.78 is 14.3. The molecule has 2 fully saturated rings. The molecule has 0 aliphatic carbocycles. The second-order valence-electron chi connectivity index (χ2n) is 8.79. The molecule has 0 atom stereocenters. The molecule has 37 heavy (non-hydrogen) atoms. The van der Waals surface area contributed by atoms with E-state index in [1.165, 1.54) is 12.4 Å². The number of rotatable bonds is 7. The summed E-state index contributed by atoms with van der Waals surface area (Å²) in [5, 5.41) is 5.35. The smallest absolute Gasteiger partial charge is 0.290 e. The van der Waals surface area contributed by atoms with E-state index in [0.29, 0.717) is 46.1 Å². The number of hydrogen-bond donors (Lipinski definition) is 3. The van der Waals surface area contributed by atoms with Crippen LogP contribution in [0.2, 0.25) is 0 Å². The van der Waals surface area contributed by atoms with Gasteiger partial charge in [0.1, 0.15) is 5.82 Å². The number of pyridine rings is 2. The van der Waals surface area contributed by atoms with E-state index in [-0.39, 0.29) is 5.24 Å². The van der Waals surface area contributed by atoms with Gasteiger partial charge in [0.05, 0.1) is 22.5 Å². The van der Waals surface area contributed by atoms with E-state index in [9.17, 15) is 14.0 Å². The quantitative estimate of drug-likeness (QED) is 0.398. The van der Waals surface area contributed by atoms with Gasteiger partial charge < -0.3 is 16.0 Å². The number of piperidine rings is 1. The minimum Gasteiger partial charge on any atom is -0.384 e. The highest BCUT2D eigenvalue weighted by Crippen LogP contribution is 2.27. The molecule has 0 saturated carbocycles. The number of nitrogens with one attached hydrogen (secondary N) is 2. The highest BCUT2D eigenvalue weighted by Gasteiger charge is 2.26. The molecule has 3 aromatic rings. The fraction of sp³-hybridized carbons (Fsp3) is 0.280. The minimum atomic E-state index is -0.435. The lowest BCUT2D eigenvalue weighted by Gasteiger charge is -2.32. The Morgan fingerprint density at radius 3 is 2.76 bits per heavy atom. The van der Waals surface area contributed by atoms with Gasteiger partial charge in [0.2, 0.25) is 5.95 Å². The van der Waals surface area contributed by atoms with Crippen LogP contribution in [0.15, 0.2) is 47.8 Å². The van der Waals surface area contributed by atoms with E-state index in [0.717, 1.165) is 49.8 Å². The van der Waals surface area contributed by atoms with Crippen LogP contribution >= 0.6 is 11.8 Å². The summed E-state index contributed by atoms with van der Waals surface area (Å²) >= 11 is 0.866. The number of anilines is 2. The van der Waals surface area contributed by atoms with Gasteiger partial charge in [-0.1, -0.05) is 6.07 Å². The van der Waals surface area contributed by atoms with Gasteiger partial charge in [-0.2, -0.15) is 0 Å². The van der Waals surface area contributed by atoms with E-state index in [2.05, 4.69) is 35.5 Å². The molecule has 2 aliphatic rings. The molecule has 0 radical (unpaired) electrons. The summed E-state index contributed by atoms with van der Waals surface area (Å²) in [6.07, 6.45) is 7.89. The molecule has 190 valence electrons. The fourth-order valence-electron chi connectivity index (χ4n) is 4.34. The van der Waals surface area contributed by atoms with Gasteiger partial charge in [0.15, 0.2) is 5.82 Å². The molecule has 0 spiro atoms. The first kappa shape index (κ1) is 24.8. The Morgan fingerprint density at radius 2 is 2.00 bits per heavy atom. The number of nitrogens with zero attached hydrogens (tertiary/aromatic N) is 5.